The molecule has 0 amide bonds. The third-order valence-electron chi connectivity index (χ3n) is 3.90. The molecule has 9 heteroatoms. The lowest BCUT2D eigenvalue weighted by Gasteiger charge is -2.40. The van der Waals surface area contributed by atoms with Gasteiger partial charge in [-0.05, 0) is 20.3 Å². The van der Waals surface area contributed by atoms with Crippen molar-refractivity contribution in [1.82, 2.24) is 0 Å². The van der Waals surface area contributed by atoms with Crippen molar-refractivity contribution in [1.29, 1.82) is 0 Å². The molecule has 23 heavy (non-hydrogen) atoms. The first-order valence-electron chi connectivity index (χ1n) is 7.02. The van der Waals surface area contributed by atoms with E-state index in [-0.39, 0.29) is 6.61 Å². The maximum Gasteiger partial charge on any atom is 0.337 e. The Balaban J connectivity index is 5.70. The van der Waals surface area contributed by atoms with Gasteiger partial charge in [-0.2, -0.15) is 0 Å². The molecular formula is C14H22O9. The van der Waals surface area contributed by atoms with Crippen molar-refractivity contribution in [2.75, 3.05) is 6.61 Å². The van der Waals surface area contributed by atoms with Gasteiger partial charge >= 0.3 is 23.9 Å². The van der Waals surface area contributed by atoms with E-state index in [2.05, 4.69) is 0 Å². The molecule has 0 aliphatic rings. The van der Waals surface area contributed by atoms with Crippen molar-refractivity contribution in [2.24, 2.45) is 11.3 Å². The SMILES string of the molecule is CCCCOC(=O)CC(C)(C(=O)O)C(O)(C(=O)O)C(C)C(=O)O. The number of aliphatic carboxylic acids is 3. The van der Waals surface area contributed by atoms with Gasteiger partial charge in [0.2, 0.25) is 0 Å². The molecule has 132 valence electrons. The van der Waals surface area contributed by atoms with Gasteiger partial charge in [-0.3, -0.25) is 14.4 Å². The van der Waals surface area contributed by atoms with Gasteiger partial charge in [0.1, 0.15) is 5.41 Å². The van der Waals surface area contributed by atoms with Crippen LogP contribution in [-0.4, -0.2) is 56.5 Å². The second-order valence-electron chi connectivity index (χ2n) is 5.52. The quantitative estimate of drug-likeness (QED) is 0.326. The van der Waals surface area contributed by atoms with Crippen LogP contribution in [0.5, 0.6) is 0 Å². The Bertz CT molecular complexity index is 487. The van der Waals surface area contributed by atoms with Crippen LogP contribution in [0.1, 0.15) is 40.0 Å². The number of hydrogen-bond acceptors (Lipinski definition) is 6. The third kappa shape index (κ3) is 4.19. The van der Waals surface area contributed by atoms with E-state index < -0.39 is 47.2 Å². The molecule has 0 saturated heterocycles. The molecule has 0 radical (unpaired) electrons. The van der Waals surface area contributed by atoms with Crippen LogP contribution in [0.25, 0.3) is 0 Å². The predicted octanol–water partition coefficient (Wildman–Crippen LogP) is 0.347. The summed E-state index contributed by atoms with van der Waals surface area (Å²) in [7, 11) is 0. The Morgan fingerprint density at radius 2 is 1.61 bits per heavy atom. The summed E-state index contributed by atoms with van der Waals surface area (Å²) in [5, 5.41) is 37.9. The van der Waals surface area contributed by atoms with Gasteiger partial charge in [-0.15, -0.1) is 0 Å². The summed E-state index contributed by atoms with van der Waals surface area (Å²) >= 11 is 0. The Kier molecular flexibility index (Phi) is 7.17. The minimum Gasteiger partial charge on any atom is -0.481 e. The molecule has 0 rings (SSSR count). The first-order valence-corrected chi connectivity index (χ1v) is 7.02. The molecule has 0 aliphatic carbocycles. The van der Waals surface area contributed by atoms with Crippen LogP contribution >= 0.6 is 0 Å². The molecule has 0 fully saturated rings. The summed E-state index contributed by atoms with van der Waals surface area (Å²) in [6, 6.07) is 0. The summed E-state index contributed by atoms with van der Waals surface area (Å²) in [5.41, 5.74) is -5.78. The maximum atomic E-state index is 11.8. The zero-order chi connectivity index (χ0) is 18.4. The van der Waals surface area contributed by atoms with E-state index >= 15 is 0 Å². The fourth-order valence-electron chi connectivity index (χ4n) is 2.12. The van der Waals surface area contributed by atoms with Crippen molar-refractivity contribution in [3.05, 3.63) is 0 Å². The first kappa shape index (κ1) is 20.8. The average molecular weight is 334 g/mol. The number of carboxylic acid groups (broad SMARTS) is 3. The molecule has 0 aromatic rings. The number of carboxylic acids is 3. The standard InChI is InChI=1S/C14H22O9/c1-4-5-6-23-9(15)7-13(3,11(18)19)14(22,12(20)21)8(2)10(16)17/h8,22H,4-7H2,1-3H3,(H,16,17)(H,18,19)(H,20,21). The smallest absolute Gasteiger partial charge is 0.337 e. The Labute approximate surface area is 132 Å². The molecule has 0 aromatic carbocycles. The molecule has 3 unspecified atom stereocenters. The number of hydrogen-bond donors (Lipinski definition) is 4. The molecule has 4 N–H and O–H groups in total. The monoisotopic (exact) mass is 334 g/mol. The molecule has 0 heterocycles. The van der Waals surface area contributed by atoms with Crippen LogP contribution < -0.4 is 0 Å². The lowest BCUT2D eigenvalue weighted by Crippen LogP contribution is -2.63. The summed E-state index contributed by atoms with van der Waals surface area (Å²) in [6.45, 7) is 3.53. The third-order valence-corrected chi connectivity index (χ3v) is 3.90. The molecule has 0 saturated carbocycles. The van der Waals surface area contributed by atoms with Gasteiger partial charge < -0.3 is 25.2 Å². The maximum absolute atomic E-state index is 11.8. The van der Waals surface area contributed by atoms with E-state index in [0.29, 0.717) is 6.42 Å². The predicted molar refractivity (Wildman–Crippen MR) is 75.6 cm³/mol. The van der Waals surface area contributed by atoms with Crippen molar-refractivity contribution in [2.45, 2.75) is 45.6 Å². The lowest BCUT2D eigenvalue weighted by atomic mass is 9.65. The largest absolute Gasteiger partial charge is 0.481 e. The van der Waals surface area contributed by atoms with E-state index in [1.54, 1.807) is 0 Å². The van der Waals surface area contributed by atoms with E-state index in [9.17, 15) is 34.5 Å². The zero-order valence-corrected chi connectivity index (χ0v) is 13.2. The van der Waals surface area contributed by atoms with Crippen LogP contribution in [0.15, 0.2) is 0 Å². The molecule has 0 spiro atoms. The number of carbonyl (C=O) groups excluding carboxylic acids is 1. The highest BCUT2D eigenvalue weighted by molar-refractivity contribution is 5.95. The number of aliphatic hydroxyl groups is 1. The summed E-state index contributed by atoms with van der Waals surface area (Å²) in [6.07, 6.45) is 0.273. The highest BCUT2D eigenvalue weighted by Gasteiger charge is 2.63. The van der Waals surface area contributed by atoms with Gasteiger partial charge in [-0.25, -0.2) is 4.79 Å². The highest BCUT2D eigenvalue weighted by atomic mass is 16.5. The Morgan fingerprint density at radius 1 is 1.09 bits per heavy atom. The van der Waals surface area contributed by atoms with E-state index in [4.69, 9.17) is 9.84 Å². The van der Waals surface area contributed by atoms with Crippen molar-refractivity contribution in [3.63, 3.8) is 0 Å². The number of unbranched alkanes of at least 4 members (excludes halogenated alkanes) is 1. The second kappa shape index (κ2) is 7.91. The number of carbonyl (C=O) groups is 4. The molecule has 0 aromatic heterocycles. The van der Waals surface area contributed by atoms with Gasteiger partial charge in [0.15, 0.2) is 5.60 Å². The van der Waals surface area contributed by atoms with E-state index in [1.165, 1.54) is 0 Å². The molecule has 3 atom stereocenters. The average Bonchev–Trinajstić information content (AvgIpc) is 2.44. The Morgan fingerprint density at radius 3 is 1.96 bits per heavy atom. The van der Waals surface area contributed by atoms with Gasteiger partial charge in [0, 0.05) is 0 Å². The fourth-order valence-corrected chi connectivity index (χ4v) is 2.12. The lowest BCUT2D eigenvalue weighted by molar-refractivity contribution is -0.203. The van der Waals surface area contributed by atoms with Gasteiger partial charge in [0.05, 0.1) is 18.9 Å². The number of ether oxygens (including phenoxy) is 1. The topological polar surface area (TPSA) is 158 Å². The minimum absolute atomic E-state index is 0.0189. The first-order chi connectivity index (χ1) is 10.4. The van der Waals surface area contributed by atoms with Crippen molar-refractivity contribution in [3.8, 4) is 0 Å². The molecule has 0 aliphatic heterocycles. The summed E-state index contributed by atoms with van der Waals surface area (Å²) < 4.78 is 4.79. The molecule has 9 nitrogen and oxygen atoms in total. The minimum atomic E-state index is -3.20. The van der Waals surface area contributed by atoms with Crippen molar-refractivity contribution < 1.29 is 44.3 Å². The van der Waals surface area contributed by atoms with Gasteiger partial charge in [0.25, 0.3) is 0 Å². The second-order valence-corrected chi connectivity index (χ2v) is 5.52. The molecule has 0 bridgehead atoms. The van der Waals surface area contributed by atoms with Crippen LogP contribution in [-0.2, 0) is 23.9 Å². The van der Waals surface area contributed by atoms with Crippen LogP contribution in [0, 0.1) is 11.3 Å². The van der Waals surface area contributed by atoms with Crippen molar-refractivity contribution >= 4 is 23.9 Å². The van der Waals surface area contributed by atoms with Gasteiger partial charge in [-0.1, -0.05) is 13.3 Å². The van der Waals surface area contributed by atoms with Crippen LogP contribution in [0.3, 0.4) is 0 Å². The van der Waals surface area contributed by atoms with Crippen LogP contribution in [0.4, 0.5) is 0 Å². The van der Waals surface area contributed by atoms with Crippen LogP contribution in [0.2, 0.25) is 0 Å². The van der Waals surface area contributed by atoms with E-state index in [1.807, 2.05) is 6.92 Å². The number of rotatable bonds is 10. The summed E-state index contributed by atoms with van der Waals surface area (Å²) in [4.78, 5) is 45.8. The Hall–Kier alpha value is -2.16. The fraction of sp³-hybridized carbons (Fsp3) is 0.714. The normalized spacial score (nSPS) is 17.4. The van der Waals surface area contributed by atoms with E-state index in [0.717, 1.165) is 20.3 Å². The zero-order valence-electron chi connectivity index (χ0n) is 13.2. The highest BCUT2D eigenvalue weighted by Crippen LogP contribution is 2.41. The number of esters is 1. The molecular weight excluding hydrogens is 312 g/mol. The summed E-state index contributed by atoms with van der Waals surface area (Å²) in [5.74, 6) is -8.56.